The molecular weight excluding hydrogens is 184 g/mol. The minimum Gasteiger partial charge on any atom is -0.481 e. The van der Waals surface area contributed by atoms with Crippen molar-refractivity contribution in [1.82, 2.24) is 0 Å². The summed E-state index contributed by atoms with van der Waals surface area (Å²) in [5.41, 5.74) is 0. The van der Waals surface area contributed by atoms with Crippen LogP contribution >= 0.6 is 0 Å². The number of hydrogen-bond donors (Lipinski definition) is 1. The number of carboxylic acid groups (broad SMARTS) is 1. The van der Waals surface area contributed by atoms with E-state index in [0.717, 1.165) is 19.4 Å². The van der Waals surface area contributed by atoms with Crippen molar-refractivity contribution in [2.24, 2.45) is 11.8 Å². The number of aliphatic carboxylic acids is 1. The van der Waals surface area contributed by atoms with Gasteiger partial charge in [-0.2, -0.15) is 0 Å². The molecule has 1 aliphatic rings. The Bertz CT molecular complexity index is 218. The molecule has 0 spiro atoms. The van der Waals surface area contributed by atoms with Crippen molar-refractivity contribution >= 4 is 11.8 Å². The van der Waals surface area contributed by atoms with E-state index in [9.17, 15) is 9.59 Å². The van der Waals surface area contributed by atoms with E-state index in [1.807, 2.05) is 0 Å². The molecule has 1 rings (SSSR count). The van der Waals surface area contributed by atoms with Crippen LogP contribution in [-0.2, 0) is 14.3 Å². The molecule has 1 saturated heterocycles. The number of hydrogen-bond acceptors (Lipinski definition) is 3. The van der Waals surface area contributed by atoms with Crippen LogP contribution in [0.5, 0.6) is 0 Å². The quantitative estimate of drug-likeness (QED) is 0.737. The molecule has 0 aliphatic carbocycles. The third-order valence-electron chi connectivity index (χ3n) is 2.54. The van der Waals surface area contributed by atoms with E-state index in [4.69, 9.17) is 9.84 Å². The van der Waals surface area contributed by atoms with Gasteiger partial charge in [0.15, 0.2) is 0 Å². The summed E-state index contributed by atoms with van der Waals surface area (Å²) in [6.07, 6.45) is 1.87. The molecule has 1 aliphatic heterocycles. The maximum Gasteiger partial charge on any atom is 0.306 e. The second-order valence-corrected chi connectivity index (χ2v) is 3.82. The summed E-state index contributed by atoms with van der Waals surface area (Å²) in [5.74, 6) is -1.54. The Morgan fingerprint density at radius 1 is 1.57 bits per heavy atom. The molecule has 0 aromatic heterocycles. The summed E-state index contributed by atoms with van der Waals surface area (Å²) < 4.78 is 5.18. The Hall–Kier alpha value is -0.900. The van der Waals surface area contributed by atoms with Crippen LogP contribution in [0.25, 0.3) is 0 Å². The van der Waals surface area contributed by atoms with E-state index in [1.54, 1.807) is 6.92 Å². The van der Waals surface area contributed by atoms with Crippen LogP contribution in [0.1, 0.15) is 26.2 Å². The van der Waals surface area contributed by atoms with Gasteiger partial charge in [0.2, 0.25) is 0 Å². The van der Waals surface area contributed by atoms with Gasteiger partial charge in [-0.1, -0.05) is 6.92 Å². The Kier molecular flexibility index (Phi) is 4.07. The van der Waals surface area contributed by atoms with Gasteiger partial charge in [0, 0.05) is 18.9 Å². The molecule has 2 atom stereocenters. The monoisotopic (exact) mass is 200 g/mol. The zero-order valence-corrected chi connectivity index (χ0v) is 8.36. The summed E-state index contributed by atoms with van der Waals surface area (Å²) in [6, 6.07) is 0. The first-order valence-electron chi connectivity index (χ1n) is 4.94. The van der Waals surface area contributed by atoms with Crippen molar-refractivity contribution < 1.29 is 19.4 Å². The first kappa shape index (κ1) is 11.2. The molecule has 0 amide bonds. The van der Waals surface area contributed by atoms with Crippen LogP contribution in [-0.4, -0.2) is 30.1 Å². The molecule has 2 unspecified atom stereocenters. The molecule has 0 aromatic rings. The van der Waals surface area contributed by atoms with Crippen LogP contribution in [0.4, 0.5) is 0 Å². The van der Waals surface area contributed by atoms with Gasteiger partial charge in [-0.25, -0.2) is 0 Å². The molecule has 0 radical (unpaired) electrons. The highest BCUT2D eigenvalue weighted by atomic mass is 16.5. The minimum atomic E-state index is -0.907. The number of ether oxygens (including phenoxy) is 1. The highest BCUT2D eigenvalue weighted by Crippen LogP contribution is 2.18. The molecule has 0 aromatic carbocycles. The number of Topliss-reactive ketones (excluding diaryl/α,β-unsaturated/α-hetero) is 1. The lowest BCUT2D eigenvalue weighted by Gasteiger charge is -2.21. The molecule has 1 fully saturated rings. The first-order chi connectivity index (χ1) is 6.61. The Morgan fingerprint density at radius 2 is 2.29 bits per heavy atom. The van der Waals surface area contributed by atoms with Crippen LogP contribution in [0.15, 0.2) is 0 Å². The van der Waals surface area contributed by atoms with Crippen molar-refractivity contribution in [1.29, 1.82) is 0 Å². The topological polar surface area (TPSA) is 63.6 Å². The Morgan fingerprint density at radius 3 is 2.79 bits per heavy atom. The molecule has 1 heterocycles. The van der Waals surface area contributed by atoms with Gasteiger partial charge in [-0.15, -0.1) is 0 Å². The van der Waals surface area contributed by atoms with Gasteiger partial charge in [0.1, 0.15) is 5.78 Å². The zero-order chi connectivity index (χ0) is 10.6. The van der Waals surface area contributed by atoms with Gasteiger partial charge >= 0.3 is 5.97 Å². The van der Waals surface area contributed by atoms with E-state index in [1.165, 1.54) is 0 Å². The van der Waals surface area contributed by atoms with Crippen LogP contribution < -0.4 is 0 Å². The maximum atomic E-state index is 11.6. The summed E-state index contributed by atoms with van der Waals surface area (Å²) >= 11 is 0. The summed E-state index contributed by atoms with van der Waals surface area (Å²) in [4.78, 5) is 22.1. The lowest BCUT2D eigenvalue weighted by atomic mass is 9.91. The summed E-state index contributed by atoms with van der Waals surface area (Å²) in [7, 11) is 0. The summed E-state index contributed by atoms with van der Waals surface area (Å²) in [5, 5.41) is 8.65. The van der Waals surface area contributed by atoms with E-state index in [-0.39, 0.29) is 18.1 Å². The second kappa shape index (κ2) is 5.10. The van der Waals surface area contributed by atoms with Crippen molar-refractivity contribution in [3.8, 4) is 0 Å². The third-order valence-corrected chi connectivity index (χ3v) is 2.54. The van der Waals surface area contributed by atoms with E-state index in [0.29, 0.717) is 6.61 Å². The Labute approximate surface area is 83.2 Å². The first-order valence-corrected chi connectivity index (χ1v) is 4.94. The number of carbonyl (C=O) groups excluding carboxylic acids is 1. The largest absolute Gasteiger partial charge is 0.481 e. The average molecular weight is 200 g/mol. The van der Waals surface area contributed by atoms with Gasteiger partial charge in [0.05, 0.1) is 12.5 Å². The smallest absolute Gasteiger partial charge is 0.306 e. The van der Waals surface area contributed by atoms with Crippen molar-refractivity contribution in [2.75, 3.05) is 13.2 Å². The molecule has 80 valence electrons. The molecule has 1 N–H and O–H groups in total. The number of rotatable bonds is 4. The molecular formula is C10H16O4. The number of ketones is 1. The van der Waals surface area contributed by atoms with Crippen LogP contribution in [0.3, 0.4) is 0 Å². The van der Waals surface area contributed by atoms with Crippen LogP contribution in [0, 0.1) is 11.8 Å². The normalized spacial score (nSPS) is 24.2. The van der Waals surface area contributed by atoms with Gasteiger partial charge < -0.3 is 9.84 Å². The molecule has 4 heteroatoms. The van der Waals surface area contributed by atoms with E-state index in [2.05, 4.69) is 0 Å². The van der Waals surface area contributed by atoms with E-state index >= 15 is 0 Å². The van der Waals surface area contributed by atoms with Crippen molar-refractivity contribution in [3.05, 3.63) is 0 Å². The number of carboxylic acids is 1. The van der Waals surface area contributed by atoms with Crippen LogP contribution in [0.2, 0.25) is 0 Å². The SMILES string of the molecule is CC(CC(=O)C1CCCOC1)C(=O)O. The lowest BCUT2D eigenvalue weighted by Crippen LogP contribution is -2.27. The van der Waals surface area contributed by atoms with Gasteiger partial charge in [0.25, 0.3) is 0 Å². The minimum absolute atomic E-state index is 0.0274. The highest BCUT2D eigenvalue weighted by Gasteiger charge is 2.25. The Balaban J connectivity index is 2.36. The third kappa shape index (κ3) is 3.10. The summed E-state index contributed by atoms with van der Waals surface area (Å²) in [6.45, 7) is 2.74. The molecule has 14 heavy (non-hydrogen) atoms. The predicted octanol–water partition coefficient (Wildman–Crippen LogP) is 1.09. The fourth-order valence-corrected chi connectivity index (χ4v) is 1.55. The van der Waals surface area contributed by atoms with E-state index < -0.39 is 11.9 Å². The predicted molar refractivity (Wildman–Crippen MR) is 50.0 cm³/mol. The maximum absolute atomic E-state index is 11.6. The molecule has 0 bridgehead atoms. The highest BCUT2D eigenvalue weighted by molar-refractivity contribution is 5.85. The fourth-order valence-electron chi connectivity index (χ4n) is 1.55. The van der Waals surface area contributed by atoms with Gasteiger partial charge in [-0.3, -0.25) is 9.59 Å². The van der Waals surface area contributed by atoms with Crippen molar-refractivity contribution in [2.45, 2.75) is 26.2 Å². The van der Waals surface area contributed by atoms with Gasteiger partial charge in [-0.05, 0) is 12.8 Å². The number of carbonyl (C=O) groups is 2. The molecule has 0 saturated carbocycles. The fraction of sp³-hybridized carbons (Fsp3) is 0.800. The zero-order valence-electron chi connectivity index (χ0n) is 8.36. The standard InChI is InChI=1S/C10H16O4/c1-7(10(12)13)5-9(11)8-3-2-4-14-6-8/h7-8H,2-6H2,1H3,(H,12,13). The average Bonchev–Trinajstić information content (AvgIpc) is 2.19. The second-order valence-electron chi connectivity index (χ2n) is 3.82. The van der Waals surface area contributed by atoms with Crippen molar-refractivity contribution in [3.63, 3.8) is 0 Å². The molecule has 4 nitrogen and oxygen atoms in total. The lowest BCUT2D eigenvalue weighted by molar-refractivity contribution is -0.144.